The van der Waals surface area contributed by atoms with E-state index in [1.807, 2.05) is 6.07 Å². The third-order valence-electron chi connectivity index (χ3n) is 2.28. The van der Waals surface area contributed by atoms with Crippen molar-refractivity contribution in [3.05, 3.63) is 17.7 Å². The highest BCUT2D eigenvalue weighted by molar-refractivity contribution is 5.69. The third kappa shape index (κ3) is 1.48. The van der Waals surface area contributed by atoms with Gasteiger partial charge in [0.25, 0.3) is 0 Å². The molecule has 14 heavy (non-hydrogen) atoms. The van der Waals surface area contributed by atoms with Gasteiger partial charge in [0.15, 0.2) is 0 Å². The topological polar surface area (TPSA) is 67.5 Å². The molecule has 0 aromatic heterocycles. The van der Waals surface area contributed by atoms with Crippen molar-refractivity contribution in [1.29, 1.82) is 0 Å². The number of nitrogens with two attached hydrogens (primary N) is 1. The Morgan fingerprint density at radius 2 is 2.36 bits per heavy atom. The fraction of sp³-hybridized carbons (Fsp3) is 0.400. The third-order valence-corrected chi connectivity index (χ3v) is 2.28. The average Bonchev–Trinajstić information content (AvgIpc) is 2.23. The largest absolute Gasteiger partial charge is 0.506 e. The molecule has 2 rings (SSSR count). The normalized spacial score (nSPS) is 14.1. The van der Waals surface area contributed by atoms with Crippen LogP contribution in [0.4, 0.5) is 5.69 Å². The second kappa shape index (κ2) is 3.75. The second-order valence-electron chi connectivity index (χ2n) is 3.26. The summed E-state index contributed by atoms with van der Waals surface area (Å²) in [5.74, 6) is 0.988. The summed E-state index contributed by atoms with van der Waals surface area (Å²) >= 11 is 0. The van der Waals surface area contributed by atoms with Gasteiger partial charge >= 0.3 is 0 Å². The Morgan fingerprint density at radius 3 is 3.14 bits per heavy atom. The van der Waals surface area contributed by atoms with E-state index in [-0.39, 0.29) is 5.75 Å². The second-order valence-corrected chi connectivity index (χ2v) is 3.26. The lowest BCUT2D eigenvalue weighted by molar-refractivity contribution is 0.316. The molecule has 0 radical (unpaired) electrons. The molecule has 1 aromatic carbocycles. The molecule has 0 aliphatic carbocycles. The zero-order chi connectivity index (χ0) is 9.97. The summed E-state index contributed by atoms with van der Waals surface area (Å²) in [6.07, 6.45) is 0.768. The molecule has 0 saturated carbocycles. The first-order chi connectivity index (χ1) is 6.83. The van der Waals surface area contributed by atoms with Gasteiger partial charge in [0, 0.05) is 6.54 Å². The van der Waals surface area contributed by atoms with Crippen molar-refractivity contribution in [2.45, 2.75) is 6.42 Å². The van der Waals surface area contributed by atoms with Crippen molar-refractivity contribution in [3.8, 4) is 11.5 Å². The molecular formula is C10H14N2O2. The van der Waals surface area contributed by atoms with Gasteiger partial charge in [-0.3, -0.25) is 0 Å². The summed E-state index contributed by atoms with van der Waals surface area (Å²) in [6, 6.07) is 3.53. The monoisotopic (exact) mass is 194 g/mol. The van der Waals surface area contributed by atoms with Gasteiger partial charge in [-0.2, -0.15) is 0 Å². The van der Waals surface area contributed by atoms with Gasteiger partial charge in [-0.1, -0.05) is 6.07 Å². The Labute approximate surface area is 82.7 Å². The molecule has 76 valence electrons. The van der Waals surface area contributed by atoms with Gasteiger partial charge in [0.2, 0.25) is 0 Å². The van der Waals surface area contributed by atoms with Gasteiger partial charge in [-0.05, 0) is 24.6 Å². The van der Waals surface area contributed by atoms with Crippen molar-refractivity contribution < 1.29 is 9.84 Å². The van der Waals surface area contributed by atoms with E-state index in [4.69, 9.17) is 10.5 Å². The Hall–Kier alpha value is -1.42. The number of hydrogen-bond acceptors (Lipinski definition) is 4. The van der Waals surface area contributed by atoms with E-state index in [9.17, 15) is 5.11 Å². The minimum Gasteiger partial charge on any atom is -0.506 e. The van der Waals surface area contributed by atoms with Crippen LogP contribution < -0.4 is 15.8 Å². The van der Waals surface area contributed by atoms with Gasteiger partial charge < -0.3 is 20.9 Å². The smallest absolute Gasteiger partial charge is 0.149 e. The van der Waals surface area contributed by atoms with E-state index in [2.05, 4.69) is 5.32 Å². The molecule has 1 heterocycles. The predicted molar refractivity (Wildman–Crippen MR) is 54.8 cm³/mol. The lowest BCUT2D eigenvalue weighted by Gasteiger charge is -2.22. The number of rotatable bonds is 2. The fourth-order valence-electron chi connectivity index (χ4n) is 1.63. The zero-order valence-electron chi connectivity index (χ0n) is 7.92. The van der Waals surface area contributed by atoms with Gasteiger partial charge in [-0.15, -0.1) is 0 Å². The van der Waals surface area contributed by atoms with Crippen LogP contribution in [0.15, 0.2) is 12.1 Å². The van der Waals surface area contributed by atoms with Crippen LogP contribution in [0, 0.1) is 0 Å². The molecule has 0 saturated heterocycles. The summed E-state index contributed by atoms with van der Waals surface area (Å²) in [4.78, 5) is 0. The van der Waals surface area contributed by atoms with Crippen molar-refractivity contribution >= 4 is 5.69 Å². The Balaban J connectivity index is 2.42. The molecule has 4 nitrogen and oxygen atoms in total. The number of aromatic hydroxyl groups is 1. The SMILES string of the molecule is NCCc1ccc(O)c2c1OCCN2. The highest BCUT2D eigenvalue weighted by Gasteiger charge is 2.17. The quantitative estimate of drug-likeness (QED) is 0.606. The molecule has 0 amide bonds. The molecule has 0 atom stereocenters. The number of ether oxygens (including phenoxy) is 1. The highest BCUT2D eigenvalue weighted by atomic mass is 16.5. The standard InChI is InChI=1S/C10H14N2O2/c11-4-3-7-1-2-8(13)9-10(7)14-6-5-12-9/h1-2,12-13H,3-6,11H2. The van der Waals surface area contributed by atoms with Crippen LogP contribution in [0.3, 0.4) is 0 Å². The maximum Gasteiger partial charge on any atom is 0.149 e. The molecule has 0 fully saturated rings. The van der Waals surface area contributed by atoms with Crippen LogP contribution >= 0.6 is 0 Å². The molecule has 4 heteroatoms. The van der Waals surface area contributed by atoms with Crippen LogP contribution in [0.1, 0.15) is 5.56 Å². The first kappa shape index (κ1) is 9.15. The molecule has 1 aliphatic heterocycles. The molecule has 1 aliphatic rings. The molecule has 0 unspecified atom stereocenters. The maximum absolute atomic E-state index is 9.58. The van der Waals surface area contributed by atoms with E-state index in [1.165, 1.54) is 0 Å². The van der Waals surface area contributed by atoms with E-state index in [0.717, 1.165) is 24.3 Å². The predicted octanol–water partition coefficient (Wildman–Crippen LogP) is 0.698. The van der Waals surface area contributed by atoms with Crippen molar-refractivity contribution in [1.82, 2.24) is 0 Å². The number of phenolic OH excluding ortho intramolecular Hbond substituents is 1. The van der Waals surface area contributed by atoms with E-state index >= 15 is 0 Å². The number of phenols is 1. The number of fused-ring (bicyclic) bond motifs is 1. The number of hydrogen-bond donors (Lipinski definition) is 3. The van der Waals surface area contributed by atoms with Crippen LogP contribution in [-0.4, -0.2) is 24.8 Å². The first-order valence-electron chi connectivity index (χ1n) is 4.74. The van der Waals surface area contributed by atoms with Gasteiger partial charge in [-0.25, -0.2) is 0 Å². The molecule has 1 aromatic rings. The van der Waals surface area contributed by atoms with Crippen molar-refractivity contribution in [2.75, 3.05) is 25.0 Å². The van der Waals surface area contributed by atoms with Crippen LogP contribution in [-0.2, 0) is 6.42 Å². The zero-order valence-corrected chi connectivity index (χ0v) is 7.92. The number of benzene rings is 1. The average molecular weight is 194 g/mol. The summed E-state index contributed by atoms with van der Waals surface area (Å²) in [7, 11) is 0. The van der Waals surface area contributed by atoms with Crippen molar-refractivity contribution in [3.63, 3.8) is 0 Å². The van der Waals surface area contributed by atoms with Crippen LogP contribution in [0.2, 0.25) is 0 Å². The van der Waals surface area contributed by atoms with Crippen LogP contribution in [0.5, 0.6) is 11.5 Å². The summed E-state index contributed by atoms with van der Waals surface area (Å²) in [5, 5.41) is 12.7. The lowest BCUT2D eigenvalue weighted by atomic mass is 10.1. The lowest BCUT2D eigenvalue weighted by Crippen LogP contribution is -2.19. The van der Waals surface area contributed by atoms with E-state index < -0.39 is 0 Å². The molecular weight excluding hydrogens is 180 g/mol. The molecule has 0 bridgehead atoms. The Morgan fingerprint density at radius 1 is 1.50 bits per heavy atom. The van der Waals surface area contributed by atoms with Gasteiger partial charge in [0.1, 0.15) is 23.8 Å². The van der Waals surface area contributed by atoms with Crippen molar-refractivity contribution in [2.24, 2.45) is 5.73 Å². The Bertz CT molecular complexity index is 339. The van der Waals surface area contributed by atoms with E-state index in [0.29, 0.717) is 18.8 Å². The van der Waals surface area contributed by atoms with Crippen LogP contribution in [0.25, 0.3) is 0 Å². The molecule has 4 N–H and O–H groups in total. The maximum atomic E-state index is 9.58. The summed E-state index contributed by atoms with van der Waals surface area (Å²) in [6.45, 7) is 1.95. The summed E-state index contributed by atoms with van der Waals surface area (Å²) in [5.41, 5.74) is 7.24. The number of nitrogens with one attached hydrogen (secondary N) is 1. The minimum atomic E-state index is 0.237. The Kier molecular flexibility index (Phi) is 2.45. The first-order valence-corrected chi connectivity index (χ1v) is 4.74. The fourth-order valence-corrected chi connectivity index (χ4v) is 1.63. The number of anilines is 1. The molecule has 0 spiro atoms. The van der Waals surface area contributed by atoms with E-state index in [1.54, 1.807) is 6.07 Å². The van der Waals surface area contributed by atoms with Gasteiger partial charge in [0.05, 0.1) is 0 Å². The minimum absolute atomic E-state index is 0.237. The highest BCUT2D eigenvalue weighted by Crippen LogP contribution is 2.38. The summed E-state index contributed by atoms with van der Waals surface area (Å²) < 4.78 is 5.51.